The van der Waals surface area contributed by atoms with E-state index in [9.17, 15) is 19.2 Å². The number of methoxy groups -OCH3 is 1. The molecule has 0 fully saturated rings. The summed E-state index contributed by atoms with van der Waals surface area (Å²) in [7, 11) is 1.24. The molecule has 0 radical (unpaired) electrons. The van der Waals surface area contributed by atoms with Crippen LogP contribution in [0.15, 0.2) is 121 Å². The Kier molecular flexibility index (Phi) is 15.6. The number of esters is 4. The van der Waals surface area contributed by atoms with Crippen LogP contribution in [0.5, 0.6) is 11.5 Å². The van der Waals surface area contributed by atoms with Crippen LogP contribution in [0.2, 0.25) is 0 Å². The minimum atomic E-state index is -0.680. The molecule has 53 heavy (non-hydrogen) atoms. The van der Waals surface area contributed by atoms with Crippen LogP contribution in [0.1, 0.15) is 55.8 Å². The number of rotatable bonds is 15. The summed E-state index contributed by atoms with van der Waals surface area (Å²) in [6, 6.07) is 26.3. The molecule has 4 aromatic carbocycles. The molecule has 0 unspecified atom stereocenters. The second-order valence-corrected chi connectivity index (χ2v) is 12.0. The van der Waals surface area contributed by atoms with Gasteiger partial charge in [-0.2, -0.15) is 0 Å². The average molecular weight is 729 g/mol. The number of ether oxygens (including phenoxy) is 5. The Morgan fingerprint density at radius 2 is 1.17 bits per heavy atom. The zero-order valence-electron chi connectivity index (χ0n) is 29.1. The van der Waals surface area contributed by atoms with Gasteiger partial charge in [0.25, 0.3) is 0 Å². The molecule has 0 spiro atoms. The van der Waals surface area contributed by atoms with E-state index in [4.69, 9.17) is 23.7 Å². The Balaban J connectivity index is 1.31. The van der Waals surface area contributed by atoms with Gasteiger partial charge in [-0.3, -0.25) is 0 Å². The van der Waals surface area contributed by atoms with Gasteiger partial charge >= 0.3 is 23.9 Å². The first-order valence-corrected chi connectivity index (χ1v) is 17.4. The van der Waals surface area contributed by atoms with Crippen molar-refractivity contribution in [1.29, 1.82) is 0 Å². The molecule has 0 aliphatic heterocycles. The van der Waals surface area contributed by atoms with Crippen LogP contribution in [-0.4, -0.2) is 56.6 Å². The first-order valence-electron chi connectivity index (χ1n) is 16.4. The molecule has 10 heteroatoms. The van der Waals surface area contributed by atoms with E-state index in [1.54, 1.807) is 66.4 Å². The largest absolute Gasteiger partial charge is 0.493 e. The van der Waals surface area contributed by atoms with Gasteiger partial charge < -0.3 is 23.7 Å². The standard InChI is InChI=1S/C43H36O9S/c1-4-40(44)50-27-6-26-49-36-21-14-32(15-22-36)10-11-34-18-25-39(38(30-34)43(47)48-3)52-42(46)35-19-12-31(13-20-35)8-9-33-16-23-37(24-17-33)53-29-7-28-51-41(45)5-2/h4-5,12-25,30H,1-2,6-7,26-29H2,3H3. The summed E-state index contributed by atoms with van der Waals surface area (Å²) in [6.07, 6.45) is 3.54. The van der Waals surface area contributed by atoms with Crippen LogP contribution in [0, 0.1) is 23.7 Å². The van der Waals surface area contributed by atoms with Crippen molar-refractivity contribution in [2.75, 3.05) is 32.7 Å². The van der Waals surface area contributed by atoms with E-state index >= 15 is 0 Å². The zero-order chi connectivity index (χ0) is 37.8. The van der Waals surface area contributed by atoms with Gasteiger partial charge in [-0.05, 0) is 97.4 Å². The lowest BCUT2D eigenvalue weighted by molar-refractivity contribution is -0.138. The van der Waals surface area contributed by atoms with E-state index < -0.39 is 23.9 Å². The molecular formula is C43H36O9S. The molecule has 0 saturated carbocycles. The van der Waals surface area contributed by atoms with Gasteiger partial charge in [-0.25, -0.2) is 19.2 Å². The Morgan fingerprint density at radius 1 is 0.642 bits per heavy atom. The van der Waals surface area contributed by atoms with Gasteiger partial charge in [0, 0.05) is 51.5 Å². The second kappa shape index (κ2) is 21.0. The molecule has 0 aromatic heterocycles. The Hall–Kier alpha value is -6.49. The monoisotopic (exact) mass is 728 g/mol. The van der Waals surface area contributed by atoms with Crippen molar-refractivity contribution in [3.8, 4) is 35.2 Å². The lowest BCUT2D eigenvalue weighted by Crippen LogP contribution is -2.12. The molecule has 0 bridgehead atoms. The normalized spacial score (nSPS) is 9.91. The second-order valence-electron chi connectivity index (χ2n) is 10.9. The third kappa shape index (κ3) is 13.3. The van der Waals surface area contributed by atoms with Crippen LogP contribution in [-0.2, 0) is 23.8 Å². The molecular weight excluding hydrogens is 693 g/mol. The van der Waals surface area contributed by atoms with Crippen molar-refractivity contribution < 1.29 is 42.9 Å². The summed E-state index contributed by atoms with van der Waals surface area (Å²) in [5.74, 6) is 11.5. The molecule has 9 nitrogen and oxygen atoms in total. The third-order valence-electron chi connectivity index (χ3n) is 7.06. The van der Waals surface area contributed by atoms with E-state index in [2.05, 4.69) is 36.8 Å². The summed E-state index contributed by atoms with van der Waals surface area (Å²) in [4.78, 5) is 48.9. The molecule has 4 aromatic rings. The van der Waals surface area contributed by atoms with Gasteiger partial charge in [-0.15, -0.1) is 11.8 Å². The van der Waals surface area contributed by atoms with Gasteiger partial charge in [0.1, 0.15) is 17.1 Å². The fourth-order valence-corrected chi connectivity index (χ4v) is 5.16. The van der Waals surface area contributed by atoms with Crippen LogP contribution in [0.25, 0.3) is 0 Å². The smallest absolute Gasteiger partial charge is 0.343 e. The van der Waals surface area contributed by atoms with Gasteiger partial charge in [-0.1, -0.05) is 36.8 Å². The summed E-state index contributed by atoms with van der Waals surface area (Å²) in [5, 5.41) is 0. The fraction of sp³-hybridized carbons (Fsp3) is 0.163. The predicted octanol–water partition coefficient (Wildman–Crippen LogP) is 7.20. The number of carbonyl (C=O) groups is 4. The highest BCUT2D eigenvalue weighted by Crippen LogP contribution is 2.23. The summed E-state index contributed by atoms with van der Waals surface area (Å²) < 4.78 is 26.1. The Labute approximate surface area is 312 Å². The summed E-state index contributed by atoms with van der Waals surface area (Å²) in [5.41, 5.74) is 3.10. The van der Waals surface area contributed by atoms with Crippen molar-refractivity contribution in [2.24, 2.45) is 0 Å². The third-order valence-corrected chi connectivity index (χ3v) is 8.15. The van der Waals surface area contributed by atoms with E-state index in [0.29, 0.717) is 42.1 Å². The number of hydrogen-bond donors (Lipinski definition) is 0. The fourth-order valence-electron chi connectivity index (χ4n) is 4.33. The maximum atomic E-state index is 13.0. The van der Waals surface area contributed by atoms with Crippen molar-refractivity contribution in [2.45, 2.75) is 17.7 Å². The van der Waals surface area contributed by atoms with Crippen molar-refractivity contribution in [3.63, 3.8) is 0 Å². The molecule has 4 rings (SSSR count). The number of benzene rings is 4. The van der Waals surface area contributed by atoms with Crippen LogP contribution >= 0.6 is 11.8 Å². The van der Waals surface area contributed by atoms with Gasteiger partial charge in [0.05, 0.1) is 32.5 Å². The van der Waals surface area contributed by atoms with Crippen LogP contribution in [0.4, 0.5) is 0 Å². The SMILES string of the molecule is C=CC(=O)OCCCOc1ccc(C#Cc2ccc(OC(=O)c3ccc(C#Cc4ccc(SCCCOC(=O)C=C)cc4)cc3)c(C(=O)OC)c2)cc1. The van der Waals surface area contributed by atoms with Crippen molar-refractivity contribution >= 4 is 35.6 Å². The molecule has 0 atom stereocenters. The quantitative estimate of drug-likeness (QED) is 0.0237. The summed E-state index contributed by atoms with van der Waals surface area (Å²) in [6.45, 7) is 7.69. The molecule has 0 heterocycles. The average Bonchev–Trinajstić information content (AvgIpc) is 3.19. The molecule has 0 N–H and O–H groups in total. The number of carbonyl (C=O) groups excluding carboxylic acids is 4. The first-order chi connectivity index (χ1) is 25.8. The number of hydrogen-bond acceptors (Lipinski definition) is 10. The van der Waals surface area contributed by atoms with E-state index in [-0.39, 0.29) is 23.5 Å². The van der Waals surface area contributed by atoms with Gasteiger partial charge in [0.15, 0.2) is 0 Å². The lowest BCUT2D eigenvalue weighted by Gasteiger charge is -2.09. The maximum Gasteiger partial charge on any atom is 0.343 e. The van der Waals surface area contributed by atoms with E-state index in [1.807, 2.05) is 24.3 Å². The molecule has 268 valence electrons. The molecule has 0 aliphatic rings. The summed E-state index contributed by atoms with van der Waals surface area (Å²) >= 11 is 1.66. The zero-order valence-corrected chi connectivity index (χ0v) is 29.9. The highest BCUT2D eigenvalue weighted by molar-refractivity contribution is 7.99. The van der Waals surface area contributed by atoms with Gasteiger partial charge in [0.2, 0.25) is 0 Å². The first kappa shape index (κ1) is 39.3. The Morgan fingerprint density at radius 3 is 1.75 bits per heavy atom. The Bertz CT molecular complexity index is 2040. The topological polar surface area (TPSA) is 114 Å². The minimum absolute atomic E-state index is 0.0368. The highest BCUT2D eigenvalue weighted by atomic mass is 32.2. The maximum absolute atomic E-state index is 13.0. The van der Waals surface area contributed by atoms with Crippen LogP contribution in [0.3, 0.4) is 0 Å². The van der Waals surface area contributed by atoms with Crippen LogP contribution < -0.4 is 9.47 Å². The molecule has 0 aliphatic carbocycles. The van der Waals surface area contributed by atoms with E-state index in [1.165, 1.54) is 19.2 Å². The minimum Gasteiger partial charge on any atom is -0.493 e. The van der Waals surface area contributed by atoms with Crippen molar-refractivity contribution in [3.05, 3.63) is 150 Å². The lowest BCUT2D eigenvalue weighted by atomic mass is 10.1. The van der Waals surface area contributed by atoms with Crippen molar-refractivity contribution in [1.82, 2.24) is 0 Å². The molecule has 0 amide bonds. The molecule has 0 saturated heterocycles. The highest BCUT2D eigenvalue weighted by Gasteiger charge is 2.18. The predicted molar refractivity (Wildman–Crippen MR) is 202 cm³/mol. The number of thioether (sulfide) groups is 1. The van der Waals surface area contributed by atoms with E-state index in [0.717, 1.165) is 34.8 Å².